The minimum atomic E-state index is -4.61. The average Bonchev–Trinajstić information content (AvgIpc) is 3.24. The summed E-state index contributed by atoms with van der Waals surface area (Å²) in [5.41, 5.74) is 0. The van der Waals surface area contributed by atoms with Crippen molar-refractivity contribution in [2.75, 3.05) is 19.0 Å². The van der Waals surface area contributed by atoms with Gasteiger partial charge in [0.25, 0.3) is 10.1 Å². The van der Waals surface area contributed by atoms with Crippen LogP contribution in [-0.4, -0.2) is 96.0 Å². The molecule has 0 aliphatic carbocycles. The van der Waals surface area contributed by atoms with Crippen molar-refractivity contribution in [1.82, 2.24) is 0 Å². The van der Waals surface area contributed by atoms with E-state index in [1.807, 2.05) is 0 Å². The number of hydrogen-bond donors (Lipinski definition) is 4. The number of ether oxygens (including phenoxy) is 4. The fourth-order valence-electron chi connectivity index (χ4n) is 6.90. The summed E-state index contributed by atoms with van der Waals surface area (Å²) < 4.78 is 54.1. The molecular formula is C49H84O12S. The smallest absolute Gasteiger partial charge is 0.306 e. The number of carbonyl (C=O) groups is 2. The largest absolute Gasteiger partial charge is 0.462 e. The molecule has 1 fully saturated rings. The van der Waals surface area contributed by atoms with Gasteiger partial charge in [-0.3, -0.25) is 14.1 Å². The quantitative estimate of drug-likeness (QED) is 0.0198. The molecule has 0 radical (unpaired) electrons. The number of hydrogen-bond acceptors (Lipinski definition) is 11. The Morgan fingerprint density at radius 2 is 1.02 bits per heavy atom. The van der Waals surface area contributed by atoms with Crippen molar-refractivity contribution >= 4 is 22.1 Å². The molecule has 0 bridgehead atoms. The lowest BCUT2D eigenvalue weighted by Gasteiger charge is -2.40. The molecule has 12 nitrogen and oxygen atoms in total. The van der Waals surface area contributed by atoms with Gasteiger partial charge in [-0.05, 0) is 77.0 Å². The zero-order chi connectivity index (χ0) is 45.5. The highest BCUT2D eigenvalue weighted by molar-refractivity contribution is 7.85. The van der Waals surface area contributed by atoms with E-state index in [1.165, 1.54) is 83.5 Å². The summed E-state index contributed by atoms with van der Waals surface area (Å²) in [6, 6.07) is 0. The first kappa shape index (κ1) is 57.4. The number of rotatable bonds is 39. The lowest BCUT2D eigenvalue weighted by Crippen LogP contribution is -2.60. The molecule has 0 aromatic rings. The second-order valence-electron chi connectivity index (χ2n) is 16.4. The van der Waals surface area contributed by atoms with Crippen LogP contribution in [0.15, 0.2) is 60.8 Å². The van der Waals surface area contributed by atoms with Gasteiger partial charge in [0.05, 0.1) is 6.61 Å². The minimum Gasteiger partial charge on any atom is -0.462 e. The van der Waals surface area contributed by atoms with Crippen LogP contribution in [0.4, 0.5) is 0 Å². The van der Waals surface area contributed by atoms with Crippen molar-refractivity contribution < 1.29 is 56.8 Å². The van der Waals surface area contributed by atoms with Crippen LogP contribution in [0.25, 0.3) is 0 Å². The summed E-state index contributed by atoms with van der Waals surface area (Å²) in [5.74, 6) is -2.04. The second kappa shape index (κ2) is 38.8. The van der Waals surface area contributed by atoms with E-state index in [2.05, 4.69) is 74.6 Å². The molecule has 0 spiro atoms. The molecule has 358 valence electrons. The number of allylic oxidation sites excluding steroid dienone is 10. The molecule has 6 unspecified atom stereocenters. The van der Waals surface area contributed by atoms with Crippen LogP contribution in [-0.2, 0) is 38.7 Å². The maximum Gasteiger partial charge on any atom is 0.306 e. The molecule has 1 saturated heterocycles. The van der Waals surface area contributed by atoms with Gasteiger partial charge in [-0.2, -0.15) is 8.42 Å². The predicted octanol–water partition coefficient (Wildman–Crippen LogP) is 10.1. The van der Waals surface area contributed by atoms with Gasteiger partial charge in [0.15, 0.2) is 12.4 Å². The number of esters is 2. The highest BCUT2D eigenvalue weighted by Crippen LogP contribution is 2.24. The third-order valence-corrected chi connectivity index (χ3v) is 11.3. The van der Waals surface area contributed by atoms with Crippen molar-refractivity contribution in [1.29, 1.82) is 0 Å². The molecular weight excluding hydrogens is 813 g/mol. The standard InChI is InChI=1S/C49H84O12S/c1-3-5-7-9-11-13-15-17-19-20-21-22-24-25-27-29-31-33-35-37-44(50)58-39-42(40-59-49-48(54)47(53)46(52)43(61-49)41-62(55,56)57)60-45(51)38-36-34-32-30-28-26-23-18-16-14-12-10-8-6-4-2/h6,8,12,14,17-19,23,28,30,42-43,46-49,52-54H,3-5,7,9-11,13,15-16,20-22,24-27,29,31-41H2,1-2H3,(H,55,56,57)/b8-6-,14-12-,19-17-,23-18-,30-28-. The summed E-state index contributed by atoms with van der Waals surface area (Å²) in [6.07, 6.45) is 38.4. The zero-order valence-electron chi connectivity index (χ0n) is 38.2. The summed E-state index contributed by atoms with van der Waals surface area (Å²) in [7, 11) is -4.61. The lowest BCUT2D eigenvalue weighted by molar-refractivity contribution is -0.297. The minimum absolute atomic E-state index is 0.110. The Kier molecular flexibility index (Phi) is 35.9. The van der Waals surface area contributed by atoms with E-state index in [0.29, 0.717) is 12.8 Å². The molecule has 6 atom stereocenters. The second-order valence-corrected chi connectivity index (χ2v) is 17.9. The molecule has 62 heavy (non-hydrogen) atoms. The summed E-state index contributed by atoms with van der Waals surface area (Å²) in [5, 5.41) is 30.9. The van der Waals surface area contributed by atoms with Gasteiger partial charge in [0, 0.05) is 12.8 Å². The Labute approximate surface area is 375 Å². The molecule has 1 heterocycles. The third-order valence-electron chi connectivity index (χ3n) is 10.6. The highest BCUT2D eigenvalue weighted by Gasteiger charge is 2.46. The molecule has 0 amide bonds. The van der Waals surface area contributed by atoms with E-state index in [0.717, 1.165) is 57.8 Å². The first-order chi connectivity index (χ1) is 30.0. The first-order valence-corrected chi connectivity index (χ1v) is 25.5. The van der Waals surface area contributed by atoms with Crippen molar-refractivity contribution in [2.24, 2.45) is 0 Å². The number of aliphatic hydroxyl groups is 3. The number of carbonyl (C=O) groups excluding carboxylic acids is 2. The van der Waals surface area contributed by atoms with Gasteiger partial charge in [0.1, 0.15) is 36.8 Å². The molecule has 13 heteroatoms. The summed E-state index contributed by atoms with van der Waals surface area (Å²) in [4.78, 5) is 25.4. The maximum atomic E-state index is 12.8. The lowest BCUT2D eigenvalue weighted by atomic mass is 10.00. The number of unbranched alkanes of at least 4 members (excludes halogenated alkanes) is 17. The predicted molar refractivity (Wildman–Crippen MR) is 247 cm³/mol. The molecule has 1 rings (SSSR count). The maximum absolute atomic E-state index is 12.8. The van der Waals surface area contributed by atoms with Crippen LogP contribution in [0.5, 0.6) is 0 Å². The van der Waals surface area contributed by atoms with Crippen LogP contribution >= 0.6 is 0 Å². The average molecular weight is 897 g/mol. The normalized spacial score (nSPS) is 20.4. The van der Waals surface area contributed by atoms with E-state index in [1.54, 1.807) is 0 Å². The Morgan fingerprint density at radius 1 is 0.565 bits per heavy atom. The topological polar surface area (TPSA) is 186 Å². The molecule has 4 N–H and O–H groups in total. The monoisotopic (exact) mass is 897 g/mol. The summed E-state index contributed by atoms with van der Waals surface area (Å²) in [6.45, 7) is 3.61. The highest BCUT2D eigenvalue weighted by atomic mass is 32.2. The SMILES string of the molecule is CC/C=C\C/C=C\C/C=C\C/C=C\CCCCC(=O)OC(COC(=O)CCCCCCCCCCC/C=C\CCCCCCCC)COC1OC(CS(=O)(=O)O)C(O)C(O)C1O. The van der Waals surface area contributed by atoms with Crippen LogP contribution in [0.1, 0.15) is 181 Å². The van der Waals surface area contributed by atoms with Crippen LogP contribution < -0.4 is 0 Å². The van der Waals surface area contributed by atoms with E-state index in [-0.39, 0.29) is 19.4 Å². The molecule has 0 saturated carbocycles. The molecule has 0 aromatic heterocycles. The Morgan fingerprint density at radius 3 is 1.56 bits per heavy atom. The van der Waals surface area contributed by atoms with Crippen LogP contribution in [0.3, 0.4) is 0 Å². The Balaban J connectivity index is 2.43. The van der Waals surface area contributed by atoms with E-state index >= 15 is 0 Å². The molecule has 1 aliphatic rings. The van der Waals surface area contributed by atoms with Crippen molar-refractivity contribution in [3.63, 3.8) is 0 Å². The van der Waals surface area contributed by atoms with Crippen LogP contribution in [0, 0.1) is 0 Å². The van der Waals surface area contributed by atoms with Gasteiger partial charge < -0.3 is 34.3 Å². The first-order valence-electron chi connectivity index (χ1n) is 23.8. The van der Waals surface area contributed by atoms with E-state index < -0.39 is 71.2 Å². The van der Waals surface area contributed by atoms with Crippen LogP contribution in [0.2, 0.25) is 0 Å². The van der Waals surface area contributed by atoms with Crippen molar-refractivity contribution in [3.05, 3.63) is 60.8 Å². The van der Waals surface area contributed by atoms with E-state index in [9.17, 15) is 37.9 Å². The van der Waals surface area contributed by atoms with Crippen molar-refractivity contribution in [3.8, 4) is 0 Å². The van der Waals surface area contributed by atoms with Gasteiger partial charge in [-0.25, -0.2) is 0 Å². The zero-order valence-corrected chi connectivity index (χ0v) is 39.0. The third kappa shape index (κ3) is 32.9. The van der Waals surface area contributed by atoms with Gasteiger partial charge in [-0.15, -0.1) is 0 Å². The fraction of sp³-hybridized carbons (Fsp3) is 0.755. The van der Waals surface area contributed by atoms with Gasteiger partial charge in [-0.1, -0.05) is 152 Å². The van der Waals surface area contributed by atoms with Gasteiger partial charge in [0.2, 0.25) is 0 Å². The number of aliphatic hydroxyl groups excluding tert-OH is 3. The van der Waals surface area contributed by atoms with Gasteiger partial charge >= 0.3 is 11.9 Å². The summed E-state index contributed by atoms with van der Waals surface area (Å²) >= 11 is 0. The Bertz CT molecular complexity index is 1370. The molecule has 0 aromatic carbocycles. The van der Waals surface area contributed by atoms with Crippen molar-refractivity contribution in [2.45, 2.75) is 218 Å². The molecule has 1 aliphatic heterocycles. The fourth-order valence-corrected chi connectivity index (χ4v) is 7.59. The Hall–Kier alpha value is -2.65. The van der Waals surface area contributed by atoms with E-state index in [4.69, 9.17) is 18.9 Å².